The Balaban J connectivity index is 2.01. The number of carbonyl (C=O) groups is 2. The highest BCUT2D eigenvalue weighted by molar-refractivity contribution is 7.92. The van der Waals surface area contributed by atoms with Gasteiger partial charge < -0.3 is 0 Å². The second-order valence-electron chi connectivity index (χ2n) is 7.45. The average Bonchev–Trinajstić information content (AvgIpc) is 2.82. The van der Waals surface area contributed by atoms with Gasteiger partial charge in [0.2, 0.25) is 0 Å². The number of aryl methyl sites for hydroxylation is 1. The van der Waals surface area contributed by atoms with E-state index in [1.807, 2.05) is 0 Å². The monoisotopic (exact) mass is 482 g/mol. The number of nitrogens with zero attached hydrogens (tertiary/aromatic N) is 2. The predicted octanol–water partition coefficient (Wildman–Crippen LogP) is 4.11. The molecule has 34 heavy (non-hydrogen) atoms. The lowest BCUT2D eigenvalue weighted by Gasteiger charge is -2.17. The van der Waals surface area contributed by atoms with Crippen molar-refractivity contribution in [3.63, 3.8) is 0 Å². The average molecular weight is 482 g/mol. The first-order valence-electron chi connectivity index (χ1n) is 9.87. The molecule has 0 bridgehead atoms. The normalized spacial score (nSPS) is 12.0. The zero-order chi connectivity index (χ0) is 25.0. The van der Waals surface area contributed by atoms with Crippen molar-refractivity contribution in [1.29, 1.82) is 0 Å². The molecule has 3 rings (SSSR count). The Morgan fingerprint density at radius 3 is 1.65 bits per heavy atom. The standard InChI is InChI=1S/C23H18N2O8S/c1-15-2-12-20(13-3-15)34(32,33)22(23(27)17-6-10-19(11-7-17)25(30)31)14-21(26)16-4-8-18(9-5-16)24(28)29/h2-13,22H,14H2,1H3/t22-/m0/s1. The topological polar surface area (TPSA) is 155 Å². The third-order valence-corrected chi connectivity index (χ3v) is 7.21. The molecule has 10 nitrogen and oxygen atoms in total. The quantitative estimate of drug-likeness (QED) is 0.251. The van der Waals surface area contributed by atoms with E-state index in [9.17, 15) is 38.2 Å². The lowest BCUT2D eigenvalue weighted by molar-refractivity contribution is -0.385. The molecule has 0 heterocycles. The number of hydrogen-bond donors (Lipinski definition) is 0. The molecule has 0 amide bonds. The molecule has 0 saturated heterocycles. The minimum atomic E-state index is -4.33. The van der Waals surface area contributed by atoms with Gasteiger partial charge in [-0.3, -0.25) is 29.8 Å². The molecule has 0 N–H and O–H groups in total. The molecule has 0 fully saturated rings. The summed E-state index contributed by atoms with van der Waals surface area (Å²) >= 11 is 0. The zero-order valence-corrected chi connectivity index (χ0v) is 18.6. The van der Waals surface area contributed by atoms with Crippen molar-refractivity contribution >= 4 is 32.8 Å². The Morgan fingerprint density at radius 2 is 1.21 bits per heavy atom. The molecule has 1 atom stereocenters. The Hall–Kier alpha value is -4.25. The van der Waals surface area contributed by atoms with E-state index in [-0.39, 0.29) is 27.4 Å². The smallest absolute Gasteiger partial charge is 0.269 e. The maximum atomic E-state index is 13.4. The number of benzene rings is 3. The van der Waals surface area contributed by atoms with Crippen molar-refractivity contribution < 1.29 is 27.9 Å². The van der Waals surface area contributed by atoms with E-state index in [1.54, 1.807) is 19.1 Å². The summed E-state index contributed by atoms with van der Waals surface area (Å²) < 4.78 is 26.7. The molecule has 3 aromatic rings. The van der Waals surface area contributed by atoms with Gasteiger partial charge >= 0.3 is 0 Å². The maximum absolute atomic E-state index is 13.4. The summed E-state index contributed by atoms with van der Waals surface area (Å²) in [6, 6.07) is 14.8. The van der Waals surface area contributed by atoms with E-state index in [1.165, 1.54) is 24.3 Å². The van der Waals surface area contributed by atoms with Gasteiger partial charge in [0, 0.05) is 41.8 Å². The summed E-state index contributed by atoms with van der Waals surface area (Å²) in [6.45, 7) is 1.76. The van der Waals surface area contributed by atoms with Crippen LogP contribution in [0.4, 0.5) is 11.4 Å². The lowest BCUT2D eigenvalue weighted by Crippen LogP contribution is -2.33. The van der Waals surface area contributed by atoms with Gasteiger partial charge in [0.1, 0.15) is 5.25 Å². The van der Waals surface area contributed by atoms with Gasteiger partial charge in [-0.25, -0.2) is 8.42 Å². The molecule has 0 aliphatic heterocycles. The van der Waals surface area contributed by atoms with Crippen LogP contribution in [-0.4, -0.2) is 35.1 Å². The first-order valence-corrected chi connectivity index (χ1v) is 11.4. The number of ketones is 2. The van der Waals surface area contributed by atoms with Crippen molar-refractivity contribution in [1.82, 2.24) is 0 Å². The number of rotatable bonds is 9. The van der Waals surface area contributed by atoms with Crippen LogP contribution in [0.3, 0.4) is 0 Å². The summed E-state index contributed by atoms with van der Waals surface area (Å²) in [7, 11) is -4.33. The second kappa shape index (κ2) is 9.71. The van der Waals surface area contributed by atoms with E-state index in [2.05, 4.69) is 0 Å². The highest BCUT2D eigenvalue weighted by atomic mass is 32.2. The fourth-order valence-electron chi connectivity index (χ4n) is 3.22. The van der Waals surface area contributed by atoms with Crippen LogP contribution >= 0.6 is 0 Å². The SMILES string of the molecule is Cc1ccc(S(=O)(=O)[C@@H](CC(=O)c2ccc([N+](=O)[O-])cc2)C(=O)c2ccc([N+](=O)[O-])cc2)cc1. The third-order valence-electron chi connectivity index (χ3n) is 5.15. The number of non-ortho nitro benzene ring substituents is 2. The van der Waals surface area contributed by atoms with Crippen LogP contribution in [0.25, 0.3) is 0 Å². The molecule has 0 saturated carbocycles. The van der Waals surface area contributed by atoms with Crippen molar-refractivity contribution in [2.24, 2.45) is 0 Å². The van der Waals surface area contributed by atoms with E-state index >= 15 is 0 Å². The van der Waals surface area contributed by atoms with Crippen molar-refractivity contribution in [2.45, 2.75) is 23.5 Å². The lowest BCUT2D eigenvalue weighted by atomic mass is 10.0. The van der Waals surface area contributed by atoms with Crippen LogP contribution in [0.5, 0.6) is 0 Å². The van der Waals surface area contributed by atoms with Gasteiger partial charge in [-0.05, 0) is 43.3 Å². The first kappa shape index (κ1) is 24.4. The molecular formula is C23H18N2O8S. The van der Waals surface area contributed by atoms with Gasteiger partial charge in [0.15, 0.2) is 21.4 Å². The van der Waals surface area contributed by atoms with E-state index in [4.69, 9.17) is 0 Å². The van der Waals surface area contributed by atoms with Crippen molar-refractivity contribution in [3.05, 3.63) is 110 Å². The van der Waals surface area contributed by atoms with E-state index < -0.39 is 42.9 Å². The van der Waals surface area contributed by atoms with Gasteiger partial charge in [0.05, 0.1) is 14.7 Å². The van der Waals surface area contributed by atoms with Gasteiger partial charge in [-0.2, -0.15) is 0 Å². The Kier molecular flexibility index (Phi) is 6.97. The van der Waals surface area contributed by atoms with Crippen LogP contribution < -0.4 is 0 Å². The summed E-state index contributed by atoms with van der Waals surface area (Å²) in [5.41, 5.74) is 0.159. The highest BCUT2D eigenvalue weighted by Crippen LogP contribution is 2.25. The molecule has 0 aliphatic carbocycles. The van der Waals surface area contributed by atoms with Gasteiger partial charge in [-0.1, -0.05) is 17.7 Å². The van der Waals surface area contributed by atoms with E-state index in [0.717, 1.165) is 42.0 Å². The summed E-state index contributed by atoms with van der Waals surface area (Å²) in [4.78, 5) is 46.4. The molecule has 0 radical (unpaired) electrons. The van der Waals surface area contributed by atoms with Crippen LogP contribution in [0.2, 0.25) is 0 Å². The van der Waals surface area contributed by atoms with Crippen LogP contribution in [0.15, 0.2) is 77.7 Å². The van der Waals surface area contributed by atoms with Crippen molar-refractivity contribution in [3.8, 4) is 0 Å². The number of sulfone groups is 1. The van der Waals surface area contributed by atoms with Crippen LogP contribution in [-0.2, 0) is 9.84 Å². The predicted molar refractivity (Wildman–Crippen MR) is 122 cm³/mol. The summed E-state index contributed by atoms with van der Waals surface area (Å²) in [5, 5.41) is 19.9. The van der Waals surface area contributed by atoms with E-state index in [0.29, 0.717) is 0 Å². The molecule has 11 heteroatoms. The van der Waals surface area contributed by atoms with Crippen LogP contribution in [0, 0.1) is 27.2 Å². The molecule has 174 valence electrons. The van der Waals surface area contributed by atoms with Crippen LogP contribution in [0.1, 0.15) is 32.7 Å². The zero-order valence-electron chi connectivity index (χ0n) is 17.8. The molecule has 0 spiro atoms. The molecular weight excluding hydrogens is 464 g/mol. The Labute approximate surface area is 194 Å². The fraction of sp³-hybridized carbons (Fsp3) is 0.130. The number of hydrogen-bond acceptors (Lipinski definition) is 8. The van der Waals surface area contributed by atoms with Crippen molar-refractivity contribution in [2.75, 3.05) is 0 Å². The minimum absolute atomic E-state index is 0.00575. The summed E-state index contributed by atoms with van der Waals surface area (Å²) in [6.07, 6.45) is -0.718. The molecule has 0 aliphatic rings. The second-order valence-corrected chi connectivity index (χ2v) is 9.58. The number of nitro groups is 2. The largest absolute Gasteiger partial charge is 0.294 e. The molecule has 3 aromatic carbocycles. The molecule has 0 unspecified atom stereocenters. The third kappa shape index (κ3) is 5.21. The Bertz CT molecular complexity index is 1360. The molecule has 0 aromatic heterocycles. The number of nitro benzene ring substituents is 2. The number of carbonyl (C=O) groups excluding carboxylic acids is 2. The maximum Gasteiger partial charge on any atom is 0.269 e. The van der Waals surface area contributed by atoms with Gasteiger partial charge in [0.25, 0.3) is 11.4 Å². The fourth-order valence-corrected chi connectivity index (χ4v) is 4.86. The van der Waals surface area contributed by atoms with Gasteiger partial charge in [-0.15, -0.1) is 0 Å². The minimum Gasteiger partial charge on any atom is -0.294 e. The number of Topliss-reactive ketones (excluding diaryl/α,β-unsaturated/α-hetero) is 2. The Morgan fingerprint density at radius 1 is 0.765 bits per heavy atom. The summed E-state index contributed by atoms with van der Waals surface area (Å²) in [5.74, 6) is -1.60. The first-order chi connectivity index (χ1) is 16.0. The highest BCUT2D eigenvalue weighted by Gasteiger charge is 2.37.